The summed E-state index contributed by atoms with van der Waals surface area (Å²) in [4.78, 5) is 0. The van der Waals surface area contributed by atoms with Gasteiger partial charge in [0.1, 0.15) is 0 Å². The SMILES string of the molecule is [Li+].[Li+].[O-]B([O-])C(F)(F)F. The minimum absolute atomic E-state index is 0. The van der Waals surface area contributed by atoms with E-state index in [1.54, 1.807) is 0 Å². The maximum Gasteiger partial charge on any atom is 1.00 e. The van der Waals surface area contributed by atoms with Gasteiger partial charge in [-0.15, -0.1) is 0 Å². The Balaban J connectivity index is -0.000000180. The molecule has 9 heavy (non-hydrogen) atoms. The number of hydrogen-bond acceptors (Lipinski definition) is 2. The van der Waals surface area contributed by atoms with Crippen molar-refractivity contribution >= 4 is 7.12 Å². The molecule has 0 bridgehead atoms. The van der Waals surface area contributed by atoms with Crippen LogP contribution in [0.15, 0.2) is 0 Å². The summed E-state index contributed by atoms with van der Waals surface area (Å²) in [6.07, 6.45) is -5.11. The molecule has 0 aromatic rings. The molecule has 42 valence electrons. The first-order valence-electron chi connectivity index (χ1n) is 1.33. The molecular formula is CBF3Li2O2. The van der Waals surface area contributed by atoms with Crippen molar-refractivity contribution in [3.63, 3.8) is 0 Å². The van der Waals surface area contributed by atoms with Crippen LogP contribution in [0.25, 0.3) is 0 Å². The van der Waals surface area contributed by atoms with Crippen molar-refractivity contribution in [1.29, 1.82) is 0 Å². The smallest absolute Gasteiger partial charge is 0.887 e. The Morgan fingerprint density at radius 2 is 1.11 bits per heavy atom. The zero-order valence-corrected chi connectivity index (χ0v) is 5.03. The van der Waals surface area contributed by atoms with Crippen molar-refractivity contribution in [2.45, 2.75) is 6.08 Å². The molecule has 0 N–H and O–H groups in total. The van der Waals surface area contributed by atoms with Crippen LogP contribution in [-0.4, -0.2) is 13.2 Å². The summed E-state index contributed by atoms with van der Waals surface area (Å²) in [6.45, 7) is 0. The molecule has 0 rings (SSSR count). The first-order chi connectivity index (χ1) is 2.94. The summed E-state index contributed by atoms with van der Waals surface area (Å²) in [5, 5.41) is 17.7. The van der Waals surface area contributed by atoms with Crippen LogP contribution < -0.4 is 47.8 Å². The van der Waals surface area contributed by atoms with Gasteiger partial charge in [0, 0.05) is 7.12 Å². The maximum absolute atomic E-state index is 10.6. The topological polar surface area (TPSA) is 46.1 Å². The van der Waals surface area contributed by atoms with Gasteiger partial charge in [0.15, 0.2) is 0 Å². The Labute approximate surface area is 74.3 Å². The van der Waals surface area contributed by atoms with E-state index < -0.39 is 13.2 Å². The van der Waals surface area contributed by atoms with Crippen molar-refractivity contribution in [2.24, 2.45) is 0 Å². The zero-order valence-electron chi connectivity index (χ0n) is 5.03. The van der Waals surface area contributed by atoms with Gasteiger partial charge in [-0.05, 0) is 0 Å². The van der Waals surface area contributed by atoms with Crippen LogP contribution in [0, 0.1) is 0 Å². The Kier molecular flexibility index (Phi) is 10.5. The second kappa shape index (κ2) is 5.73. The second-order valence-electron chi connectivity index (χ2n) is 0.874. The molecule has 2 nitrogen and oxygen atoms in total. The Bertz CT molecular complexity index is 65.3. The average Bonchev–Trinajstić information content (AvgIpc) is 1.31. The summed E-state index contributed by atoms with van der Waals surface area (Å²) in [7, 11) is -3.70. The second-order valence-corrected chi connectivity index (χ2v) is 0.874. The molecule has 0 spiro atoms. The third-order valence-electron chi connectivity index (χ3n) is 0.267. The zero-order chi connectivity index (χ0) is 6.08. The molecular weight excluding hydrogens is 126 g/mol. The van der Waals surface area contributed by atoms with Crippen LogP contribution in [-0.2, 0) is 0 Å². The van der Waals surface area contributed by atoms with Gasteiger partial charge < -0.3 is 10.0 Å². The monoisotopic (exact) mass is 126 g/mol. The summed E-state index contributed by atoms with van der Waals surface area (Å²) >= 11 is 0. The van der Waals surface area contributed by atoms with Crippen LogP contribution >= 0.6 is 0 Å². The van der Waals surface area contributed by atoms with Crippen LogP contribution in [0.3, 0.4) is 0 Å². The van der Waals surface area contributed by atoms with Crippen molar-refractivity contribution in [1.82, 2.24) is 0 Å². The van der Waals surface area contributed by atoms with Gasteiger partial charge in [-0.2, -0.15) is 13.2 Å². The van der Waals surface area contributed by atoms with Crippen molar-refractivity contribution in [3.8, 4) is 0 Å². The number of halogens is 3. The molecule has 0 unspecified atom stereocenters. The average molecular weight is 126 g/mol. The molecule has 0 saturated heterocycles. The van der Waals surface area contributed by atoms with Gasteiger partial charge in [-0.3, -0.25) is 0 Å². The van der Waals surface area contributed by atoms with Gasteiger partial charge in [-0.25, -0.2) is 0 Å². The first-order valence-corrected chi connectivity index (χ1v) is 1.33. The van der Waals surface area contributed by atoms with Gasteiger partial charge >= 0.3 is 43.8 Å². The van der Waals surface area contributed by atoms with E-state index in [9.17, 15) is 13.2 Å². The number of alkyl halides is 3. The van der Waals surface area contributed by atoms with Gasteiger partial charge in [0.2, 0.25) is 0 Å². The van der Waals surface area contributed by atoms with Crippen LogP contribution in [0.2, 0.25) is 0 Å². The minimum atomic E-state index is -5.11. The fourth-order valence-electron chi connectivity index (χ4n) is 0. The number of hydrogen-bond donors (Lipinski definition) is 0. The molecule has 0 saturated carbocycles. The molecule has 0 aliphatic rings. The van der Waals surface area contributed by atoms with Crippen LogP contribution in [0.1, 0.15) is 0 Å². The van der Waals surface area contributed by atoms with Gasteiger partial charge in [0.05, 0.1) is 0 Å². The molecule has 0 aromatic carbocycles. The van der Waals surface area contributed by atoms with Crippen molar-refractivity contribution < 1.29 is 60.9 Å². The molecule has 0 atom stereocenters. The van der Waals surface area contributed by atoms with E-state index in [0.717, 1.165) is 0 Å². The summed E-state index contributed by atoms with van der Waals surface area (Å²) in [6, 6.07) is 0. The third kappa shape index (κ3) is 8.97. The largest absolute Gasteiger partial charge is 1.00 e. The third-order valence-corrected chi connectivity index (χ3v) is 0.267. The van der Waals surface area contributed by atoms with E-state index in [0.29, 0.717) is 0 Å². The fourth-order valence-corrected chi connectivity index (χ4v) is 0. The molecule has 0 aliphatic heterocycles. The Morgan fingerprint density at radius 1 is 1.00 bits per heavy atom. The summed E-state index contributed by atoms with van der Waals surface area (Å²) in [5.41, 5.74) is 0. The Morgan fingerprint density at radius 3 is 1.11 bits per heavy atom. The van der Waals surface area contributed by atoms with Gasteiger partial charge in [-0.1, -0.05) is 0 Å². The standard InChI is InChI=1S/CBF3O2.2Li/c3-1(4,5)2(6)7;;/q-2;2*+1. The normalized spacial score (nSPS) is 9.00. The predicted octanol–water partition coefficient (Wildman–Crippen LogP) is -7.70. The molecule has 0 amide bonds. The van der Waals surface area contributed by atoms with E-state index in [1.165, 1.54) is 0 Å². The molecule has 0 fully saturated rings. The van der Waals surface area contributed by atoms with Crippen molar-refractivity contribution in [2.75, 3.05) is 0 Å². The van der Waals surface area contributed by atoms with Crippen molar-refractivity contribution in [3.05, 3.63) is 0 Å². The van der Waals surface area contributed by atoms with E-state index in [-0.39, 0.29) is 37.7 Å². The summed E-state index contributed by atoms with van der Waals surface area (Å²) in [5.74, 6) is 0. The molecule has 8 heteroatoms. The van der Waals surface area contributed by atoms with E-state index in [4.69, 9.17) is 10.0 Å². The van der Waals surface area contributed by atoms with Crippen LogP contribution in [0.4, 0.5) is 13.2 Å². The molecule has 0 radical (unpaired) electrons. The van der Waals surface area contributed by atoms with Gasteiger partial charge in [0.25, 0.3) is 0 Å². The Hall–Kier alpha value is 0.970. The quantitative estimate of drug-likeness (QED) is 0.302. The first kappa shape index (κ1) is 16.5. The molecule has 0 heterocycles. The predicted molar refractivity (Wildman–Crippen MR) is 11.8 cm³/mol. The summed E-state index contributed by atoms with van der Waals surface area (Å²) < 4.78 is 31.7. The van der Waals surface area contributed by atoms with E-state index in [1.807, 2.05) is 0 Å². The molecule has 0 aromatic heterocycles. The molecule has 0 aliphatic carbocycles. The maximum atomic E-state index is 10.6. The fraction of sp³-hybridized carbons (Fsp3) is 1.00. The minimum Gasteiger partial charge on any atom is -0.887 e. The number of rotatable bonds is 0. The van der Waals surface area contributed by atoms with E-state index in [2.05, 4.69) is 0 Å². The van der Waals surface area contributed by atoms with Crippen LogP contribution in [0.5, 0.6) is 0 Å². The van der Waals surface area contributed by atoms with E-state index >= 15 is 0 Å².